The van der Waals surface area contributed by atoms with Crippen LogP contribution in [-0.4, -0.2) is 12.1 Å². The van der Waals surface area contributed by atoms with E-state index in [0.717, 1.165) is 0 Å². The summed E-state index contributed by atoms with van der Waals surface area (Å²) in [7, 11) is 0. The highest BCUT2D eigenvalue weighted by molar-refractivity contribution is 5.40. The van der Waals surface area contributed by atoms with Gasteiger partial charge in [0, 0.05) is 12.1 Å². The number of hydrogen-bond acceptors (Lipinski definition) is 1. The summed E-state index contributed by atoms with van der Waals surface area (Å²) in [5, 5.41) is 3.77. The monoisotopic (exact) mass is 187 g/mol. The Morgan fingerprint density at radius 3 is 3.21 bits per heavy atom. The first-order valence-electron chi connectivity index (χ1n) is 5.77. The Labute approximate surface area is 85.6 Å². The molecule has 0 aromatic carbocycles. The van der Waals surface area contributed by atoms with Gasteiger partial charge in [0.15, 0.2) is 0 Å². The first-order valence-corrected chi connectivity index (χ1v) is 5.77. The Hall–Kier alpha value is -0.820. The van der Waals surface area contributed by atoms with Crippen molar-refractivity contribution in [3.8, 4) is 0 Å². The first-order chi connectivity index (χ1) is 6.93. The summed E-state index contributed by atoms with van der Waals surface area (Å²) in [6.07, 6.45) is 15.8. The molecule has 1 N–H and O–H groups in total. The minimum Gasteiger partial charge on any atom is -0.303 e. The zero-order valence-electron chi connectivity index (χ0n) is 8.50. The maximum Gasteiger partial charge on any atom is 0.0360 e. The third-order valence-electron chi connectivity index (χ3n) is 3.61. The maximum absolute atomic E-state index is 3.77. The van der Waals surface area contributed by atoms with Gasteiger partial charge in [-0.2, -0.15) is 0 Å². The Bertz CT molecular complexity index is 322. The number of allylic oxidation sites excluding steroid dienone is 2. The van der Waals surface area contributed by atoms with Crippen LogP contribution >= 0.6 is 0 Å². The summed E-state index contributed by atoms with van der Waals surface area (Å²) in [6, 6.07) is 1.30. The van der Waals surface area contributed by atoms with Crippen LogP contribution in [0.25, 0.3) is 0 Å². The topological polar surface area (TPSA) is 12.0 Å². The molecule has 1 saturated carbocycles. The van der Waals surface area contributed by atoms with Crippen LogP contribution in [0.4, 0.5) is 0 Å². The van der Waals surface area contributed by atoms with Crippen LogP contribution in [0.3, 0.4) is 0 Å². The van der Waals surface area contributed by atoms with Gasteiger partial charge in [0.05, 0.1) is 0 Å². The molecule has 3 aliphatic rings. The van der Waals surface area contributed by atoms with Gasteiger partial charge in [0.25, 0.3) is 0 Å². The Morgan fingerprint density at radius 2 is 2.21 bits per heavy atom. The molecule has 14 heavy (non-hydrogen) atoms. The molecule has 1 fully saturated rings. The normalized spacial score (nSPS) is 35.4. The zero-order chi connectivity index (χ0) is 9.38. The van der Waals surface area contributed by atoms with Crippen LogP contribution in [0.2, 0.25) is 0 Å². The molecule has 1 nitrogen and oxygen atoms in total. The fourth-order valence-corrected chi connectivity index (χ4v) is 2.82. The second kappa shape index (κ2) is 3.39. The van der Waals surface area contributed by atoms with E-state index in [4.69, 9.17) is 0 Å². The number of fused-ring (bicyclic) bond motifs is 2. The average Bonchev–Trinajstić information content (AvgIpc) is 2.26. The molecule has 0 aromatic rings. The predicted molar refractivity (Wildman–Crippen MR) is 59.1 cm³/mol. The van der Waals surface area contributed by atoms with E-state index in [1.165, 1.54) is 37.7 Å². The van der Waals surface area contributed by atoms with Crippen molar-refractivity contribution in [2.45, 2.75) is 44.2 Å². The molecule has 1 heterocycles. The first kappa shape index (κ1) is 8.49. The summed E-state index contributed by atoms with van der Waals surface area (Å²) >= 11 is 0. The smallest absolute Gasteiger partial charge is 0.0360 e. The molecular formula is C13H17N. The molecule has 74 valence electrons. The van der Waals surface area contributed by atoms with Gasteiger partial charge in [-0.3, -0.25) is 0 Å². The largest absolute Gasteiger partial charge is 0.303 e. The Balaban J connectivity index is 1.92. The molecular weight excluding hydrogens is 170 g/mol. The zero-order valence-corrected chi connectivity index (χ0v) is 8.50. The highest BCUT2D eigenvalue weighted by Crippen LogP contribution is 2.31. The van der Waals surface area contributed by atoms with E-state index in [1.54, 1.807) is 5.57 Å². The fraction of sp³-hybridized carbons (Fsp3) is 0.538. The van der Waals surface area contributed by atoms with Gasteiger partial charge in [-0.1, -0.05) is 36.3 Å². The Kier molecular flexibility index (Phi) is 2.06. The van der Waals surface area contributed by atoms with E-state index >= 15 is 0 Å². The van der Waals surface area contributed by atoms with Gasteiger partial charge < -0.3 is 5.32 Å². The third-order valence-corrected chi connectivity index (χ3v) is 3.61. The predicted octanol–water partition coefficient (Wildman–Crippen LogP) is 2.71. The molecule has 0 radical (unpaired) electrons. The quantitative estimate of drug-likeness (QED) is 0.615. The summed E-state index contributed by atoms with van der Waals surface area (Å²) < 4.78 is 0. The van der Waals surface area contributed by atoms with Crippen LogP contribution in [0.15, 0.2) is 35.5 Å². The van der Waals surface area contributed by atoms with E-state index in [9.17, 15) is 0 Å². The van der Waals surface area contributed by atoms with Crippen LogP contribution in [0.5, 0.6) is 0 Å². The third kappa shape index (κ3) is 1.36. The summed E-state index contributed by atoms with van der Waals surface area (Å²) in [4.78, 5) is 0. The molecule has 0 unspecified atom stereocenters. The standard InChI is InChI=1S/C13H17N/c1-3-7-12-10(5-1)9-11-6-2-4-8-13(11)14-12/h1,3,5,9,12-14H,2,4,6-8H2/t12-,13+/m1/s1. The van der Waals surface area contributed by atoms with E-state index < -0.39 is 0 Å². The summed E-state index contributed by atoms with van der Waals surface area (Å²) in [5.41, 5.74) is 3.15. The van der Waals surface area contributed by atoms with Crippen LogP contribution < -0.4 is 5.32 Å². The van der Waals surface area contributed by atoms with Crippen molar-refractivity contribution >= 4 is 0 Å². The molecule has 1 heteroatoms. The van der Waals surface area contributed by atoms with Crippen molar-refractivity contribution in [3.63, 3.8) is 0 Å². The van der Waals surface area contributed by atoms with Crippen molar-refractivity contribution in [2.75, 3.05) is 0 Å². The van der Waals surface area contributed by atoms with Crippen LogP contribution in [0, 0.1) is 0 Å². The van der Waals surface area contributed by atoms with Crippen LogP contribution in [-0.2, 0) is 0 Å². The summed E-state index contributed by atoms with van der Waals surface area (Å²) in [6.45, 7) is 0. The van der Waals surface area contributed by atoms with Gasteiger partial charge >= 0.3 is 0 Å². The van der Waals surface area contributed by atoms with Crippen molar-refractivity contribution in [1.29, 1.82) is 0 Å². The molecule has 0 spiro atoms. The average molecular weight is 187 g/mol. The SMILES string of the molecule is C1=CC[C@H]2N[C@H]3CCCCC3=CC2=C1. The maximum atomic E-state index is 3.77. The minimum atomic E-state index is 0.604. The lowest BCUT2D eigenvalue weighted by Gasteiger charge is -2.36. The number of rotatable bonds is 0. The molecule has 1 aliphatic heterocycles. The second-order valence-corrected chi connectivity index (χ2v) is 4.57. The lowest BCUT2D eigenvalue weighted by molar-refractivity contribution is 0.407. The minimum absolute atomic E-state index is 0.604. The van der Waals surface area contributed by atoms with Crippen LogP contribution in [0.1, 0.15) is 32.1 Å². The number of nitrogens with one attached hydrogen (secondary N) is 1. The van der Waals surface area contributed by atoms with Crippen molar-refractivity contribution in [3.05, 3.63) is 35.5 Å². The van der Waals surface area contributed by atoms with Gasteiger partial charge in [-0.15, -0.1) is 0 Å². The van der Waals surface area contributed by atoms with E-state index in [2.05, 4.69) is 29.6 Å². The molecule has 2 atom stereocenters. The lowest BCUT2D eigenvalue weighted by Crippen LogP contribution is -2.45. The molecule has 0 amide bonds. The van der Waals surface area contributed by atoms with Crippen molar-refractivity contribution in [1.82, 2.24) is 5.32 Å². The van der Waals surface area contributed by atoms with E-state index in [-0.39, 0.29) is 0 Å². The molecule has 0 bridgehead atoms. The van der Waals surface area contributed by atoms with Gasteiger partial charge in [-0.05, 0) is 31.3 Å². The molecule has 2 aliphatic carbocycles. The molecule has 0 saturated heterocycles. The highest BCUT2D eigenvalue weighted by atomic mass is 15.0. The van der Waals surface area contributed by atoms with Crippen molar-refractivity contribution in [2.24, 2.45) is 0 Å². The Morgan fingerprint density at radius 1 is 1.21 bits per heavy atom. The summed E-state index contributed by atoms with van der Waals surface area (Å²) in [5.74, 6) is 0. The van der Waals surface area contributed by atoms with E-state index in [1.807, 2.05) is 0 Å². The second-order valence-electron chi connectivity index (χ2n) is 4.57. The molecule has 0 aromatic heterocycles. The molecule has 3 rings (SSSR count). The van der Waals surface area contributed by atoms with Gasteiger partial charge in [-0.25, -0.2) is 0 Å². The van der Waals surface area contributed by atoms with Crippen molar-refractivity contribution < 1.29 is 0 Å². The van der Waals surface area contributed by atoms with Gasteiger partial charge in [0.2, 0.25) is 0 Å². The number of hydrogen-bond donors (Lipinski definition) is 1. The fourth-order valence-electron chi connectivity index (χ4n) is 2.82. The van der Waals surface area contributed by atoms with E-state index in [0.29, 0.717) is 12.1 Å². The van der Waals surface area contributed by atoms with Gasteiger partial charge in [0.1, 0.15) is 0 Å². The lowest BCUT2D eigenvalue weighted by atomic mass is 9.82. The highest BCUT2D eigenvalue weighted by Gasteiger charge is 2.27.